The highest BCUT2D eigenvalue weighted by atomic mass is 35.5. The SMILES string of the molecule is Cc1ncc(C(=O)Nc2c(Cl)cccc2Cl)s1. The predicted molar refractivity (Wildman–Crippen MR) is 71.3 cm³/mol. The zero-order chi connectivity index (χ0) is 12.4. The highest BCUT2D eigenvalue weighted by Crippen LogP contribution is 2.30. The van der Waals surface area contributed by atoms with Crippen LogP contribution in [0, 0.1) is 6.92 Å². The largest absolute Gasteiger partial charge is 0.319 e. The van der Waals surface area contributed by atoms with Gasteiger partial charge in [-0.1, -0.05) is 29.3 Å². The molecule has 0 aliphatic carbocycles. The van der Waals surface area contributed by atoms with Crippen molar-refractivity contribution in [3.05, 3.63) is 44.3 Å². The number of rotatable bonds is 2. The smallest absolute Gasteiger partial charge is 0.267 e. The molecule has 88 valence electrons. The van der Waals surface area contributed by atoms with Crippen molar-refractivity contribution in [1.29, 1.82) is 0 Å². The molecule has 1 aromatic carbocycles. The number of hydrogen-bond acceptors (Lipinski definition) is 3. The van der Waals surface area contributed by atoms with Gasteiger partial charge in [0.05, 0.1) is 26.9 Å². The molecule has 0 spiro atoms. The number of para-hydroxylation sites is 1. The second kappa shape index (κ2) is 5.04. The van der Waals surface area contributed by atoms with Crippen molar-refractivity contribution >= 4 is 46.1 Å². The van der Waals surface area contributed by atoms with Crippen LogP contribution in [-0.2, 0) is 0 Å². The van der Waals surface area contributed by atoms with E-state index in [4.69, 9.17) is 23.2 Å². The van der Waals surface area contributed by atoms with Crippen LogP contribution in [-0.4, -0.2) is 10.9 Å². The summed E-state index contributed by atoms with van der Waals surface area (Å²) in [5, 5.41) is 4.33. The van der Waals surface area contributed by atoms with E-state index in [-0.39, 0.29) is 5.91 Å². The third-order valence-electron chi connectivity index (χ3n) is 2.05. The number of nitrogens with one attached hydrogen (secondary N) is 1. The van der Waals surface area contributed by atoms with E-state index < -0.39 is 0 Å². The Labute approximate surface area is 112 Å². The third kappa shape index (κ3) is 2.77. The zero-order valence-electron chi connectivity index (χ0n) is 8.83. The van der Waals surface area contributed by atoms with Crippen molar-refractivity contribution in [2.75, 3.05) is 5.32 Å². The third-order valence-corrected chi connectivity index (χ3v) is 3.59. The van der Waals surface area contributed by atoms with Crippen molar-refractivity contribution in [3.63, 3.8) is 0 Å². The van der Waals surface area contributed by atoms with Gasteiger partial charge in [0.25, 0.3) is 5.91 Å². The highest BCUT2D eigenvalue weighted by Gasteiger charge is 2.13. The lowest BCUT2D eigenvalue weighted by Gasteiger charge is -2.07. The van der Waals surface area contributed by atoms with E-state index in [1.165, 1.54) is 17.5 Å². The topological polar surface area (TPSA) is 42.0 Å². The number of halogens is 2. The van der Waals surface area contributed by atoms with E-state index in [1.54, 1.807) is 18.2 Å². The first kappa shape index (κ1) is 12.4. The molecule has 1 amide bonds. The Morgan fingerprint density at radius 2 is 2.00 bits per heavy atom. The fourth-order valence-electron chi connectivity index (χ4n) is 1.26. The van der Waals surface area contributed by atoms with Crippen molar-refractivity contribution in [3.8, 4) is 0 Å². The maximum absolute atomic E-state index is 11.9. The van der Waals surface area contributed by atoms with Gasteiger partial charge < -0.3 is 5.32 Å². The minimum Gasteiger partial charge on any atom is -0.319 e. The maximum Gasteiger partial charge on any atom is 0.267 e. The van der Waals surface area contributed by atoms with Gasteiger partial charge in [-0.05, 0) is 19.1 Å². The van der Waals surface area contributed by atoms with Gasteiger partial charge in [-0.3, -0.25) is 4.79 Å². The second-order valence-corrected chi connectivity index (χ2v) is 5.34. The standard InChI is InChI=1S/C11H8Cl2N2OS/c1-6-14-5-9(17-6)11(16)15-10-7(12)3-2-4-8(10)13/h2-5H,1H3,(H,15,16). The lowest BCUT2D eigenvalue weighted by Crippen LogP contribution is -2.10. The van der Waals surface area contributed by atoms with Crippen LogP contribution in [0.4, 0.5) is 5.69 Å². The Hall–Kier alpha value is -1.10. The average Bonchev–Trinajstić information content (AvgIpc) is 2.70. The Morgan fingerprint density at radius 3 is 2.53 bits per heavy atom. The molecule has 1 aromatic heterocycles. The first-order chi connectivity index (χ1) is 8.08. The van der Waals surface area contributed by atoms with Crippen molar-refractivity contribution in [2.45, 2.75) is 6.92 Å². The molecule has 1 heterocycles. The van der Waals surface area contributed by atoms with Gasteiger partial charge in [-0.2, -0.15) is 0 Å². The molecular formula is C11H8Cl2N2OS. The van der Waals surface area contributed by atoms with Gasteiger partial charge in [0.2, 0.25) is 0 Å². The van der Waals surface area contributed by atoms with E-state index in [0.717, 1.165) is 5.01 Å². The predicted octanol–water partition coefficient (Wildman–Crippen LogP) is 4.01. The quantitative estimate of drug-likeness (QED) is 0.906. The molecule has 2 rings (SSSR count). The van der Waals surface area contributed by atoms with Crippen molar-refractivity contribution in [2.24, 2.45) is 0 Å². The van der Waals surface area contributed by atoms with E-state index in [0.29, 0.717) is 20.6 Å². The fraction of sp³-hybridized carbons (Fsp3) is 0.0909. The molecule has 0 bridgehead atoms. The molecule has 0 saturated heterocycles. The lowest BCUT2D eigenvalue weighted by atomic mass is 10.3. The minimum absolute atomic E-state index is 0.259. The summed E-state index contributed by atoms with van der Waals surface area (Å²) in [6.07, 6.45) is 1.53. The van der Waals surface area contributed by atoms with Gasteiger partial charge in [0, 0.05) is 0 Å². The van der Waals surface area contributed by atoms with Crippen LogP contribution in [0.5, 0.6) is 0 Å². The summed E-state index contributed by atoms with van der Waals surface area (Å²) in [6.45, 7) is 1.84. The molecule has 0 unspecified atom stereocenters. The average molecular weight is 287 g/mol. The second-order valence-electron chi connectivity index (χ2n) is 3.29. The van der Waals surface area contributed by atoms with Crippen LogP contribution < -0.4 is 5.32 Å². The normalized spacial score (nSPS) is 10.3. The number of anilines is 1. The Balaban J connectivity index is 2.24. The number of amides is 1. The molecule has 1 N–H and O–H groups in total. The molecule has 0 atom stereocenters. The van der Waals surface area contributed by atoms with Crippen LogP contribution in [0.3, 0.4) is 0 Å². The van der Waals surface area contributed by atoms with E-state index in [9.17, 15) is 4.79 Å². The Kier molecular flexibility index (Phi) is 3.66. The summed E-state index contributed by atoms with van der Waals surface area (Å²) >= 11 is 13.2. The summed E-state index contributed by atoms with van der Waals surface area (Å²) in [5.41, 5.74) is 0.423. The van der Waals surface area contributed by atoms with E-state index in [1.807, 2.05) is 6.92 Å². The van der Waals surface area contributed by atoms with Gasteiger partial charge in [0.1, 0.15) is 4.88 Å². The Bertz CT molecular complexity index is 548. The molecule has 0 aliphatic rings. The summed E-state index contributed by atoms with van der Waals surface area (Å²) in [6, 6.07) is 5.05. The number of benzene rings is 1. The number of aromatic nitrogens is 1. The van der Waals surface area contributed by atoms with Crippen LogP contribution in [0.15, 0.2) is 24.4 Å². The van der Waals surface area contributed by atoms with Gasteiger partial charge >= 0.3 is 0 Å². The van der Waals surface area contributed by atoms with Crippen LogP contribution >= 0.6 is 34.5 Å². The molecule has 6 heteroatoms. The fourth-order valence-corrected chi connectivity index (χ4v) is 2.42. The number of carbonyl (C=O) groups is 1. The van der Waals surface area contributed by atoms with Gasteiger partial charge in [-0.15, -0.1) is 11.3 Å². The van der Waals surface area contributed by atoms with Gasteiger partial charge in [-0.25, -0.2) is 4.98 Å². The molecule has 3 nitrogen and oxygen atoms in total. The number of carbonyl (C=O) groups excluding carboxylic acids is 1. The highest BCUT2D eigenvalue weighted by molar-refractivity contribution is 7.13. The lowest BCUT2D eigenvalue weighted by molar-refractivity contribution is 0.103. The molecular weight excluding hydrogens is 279 g/mol. The first-order valence-electron chi connectivity index (χ1n) is 4.75. The molecule has 0 saturated carbocycles. The van der Waals surface area contributed by atoms with Crippen LogP contribution in [0.25, 0.3) is 0 Å². The minimum atomic E-state index is -0.259. The van der Waals surface area contributed by atoms with Crippen LogP contribution in [0.2, 0.25) is 10.0 Å². The molecule has 0 fully saturated rings. The molecule has 0 radical (unpaired) electrons. The maximum atomic E-state index is 11.9. The van der Waals surface area contributed by atoms with Crippen molar-refractivity contribution in [1.82, 2.24) is 4.98 Å². The number of nitrogens with zero attached hydrogens (tertiary/aromatic N) is 1. The Morgan fingerprint density at radius 1 is 1.35 bits per heavy atom. The van der Waals surface area contributed by atoms with E-state index >= 15 is 0 Å². The molecule has 2 aromatic rings. The first-order valence-corrected chi connectivity index (χ1v) is 6.33. The number of hydrogen-bond donors (Lipinski definition) is 1. The summed E-state index contributed by atoms with van der Waals surface area (Å²) in [4.78, 5) is 16.4. The molecule has 17 heavy (non-hydrogen) atoms. The summed E-state index contributed by atoms with van der Waals surface area (Å²) in [5.74, 6) is -0.259. The van der Waals surface area contributed by atoms with Crippen LogP contribution in [0.1, 0.15) is 14.7 Å². The molecule has 0 aliphatic heterocycles. The number of thiazole rings is 1. The summed E-state index contributed by atoms with van der Waals surface area (Å²) < 4.78 is 0. The monoisotopic (exact) mass is 286 g/mol. The van der Waals surface area contributed by atoms with Crippen molar-refractivity contribution < 1.29 is 4.79 Å². The van der Waals surface area contributed by atoms with Gasteiger partial charge in [0.15, 0.2) is 0 Å². The van der Waals surface area contributed by atoms with E-state index in [2.05, 4.69) is 10.3 Å². The summed E-state index contributed by atoms with van der Waals surface area (Å²) in [7, 11) is 0. The zero-order valence-corrected chi connectivity index (χ0v) is 11.2. The number of aryl methyl sites for hydroxylation is 1.